The number of thioether (sulfide) groups is 1. The molecular formula is C23H22N6OS. The molecule has 4 rings (SSSR count). The van der Waals surface area contributed by atoms with Gasteiger partial charge in [-0.05, 0) is 24.6 Å². The minimum absolute atomic E-state index is 0.0356. The van der Waals surface area contributed by atoms with E-state index in [0.717, 1.165) is 40.4 Å². The number of hydrogen-bond donors (Lipinski definition) is 0. The molecule has 31 heavy (non-hydrogen) atoms. The quantitative estimate of drug-likeness (QED) is 0.285. The number of aromatic nitrogens is 5. The lowest BCUT2D eigenvalue weighted by Gasteiger charge is -2.08. The van der Waals surface area contributed by atoms with E-state index in [2.05, 4.69) is 32.7 Å². The first-order valence-corrected chi connectivity index (χ1v) is 11.2. The first-order chi connectivity index (χ1) is 15.2. The Kier molecular flexibility index (Phi) is 6.43. The summed E-state index contributed by atoms with van der Waals surface area (Å²) in [4.78, 5) is 17.2. The van der Waals surface area contributed by atoms with Gasteiger partial charge in [-0.1, -0.05) is 36.9 Å². The van der Waals surface area contributed by atoms with Crippen molar-refractivity contribution < 1.29 is 4.79 Å². The van der Waals surface area contributed by atoms with E-state index in [1.165, 1.54) is 11.8 Å². The van der Waals surface area contributed by atoms with Crippen molar-refractivity contribution in [1.82, 2.24) is 24.3 Å². The maximum absolute atomic E-state index is 13.1. The highest BCUT2D eigenvalue weighted by Gasteiger charge is 2.18. The topological polar surface area (TPSA) is 89.4 Å². The summed E-state index contributed by atoms with van der Waals surface area (Å²) in [6.07, 6.45) is 6.67. The van der Waals surface area contributed by atoms with Crippen LogP contribution in [0.5, 0.6) is 0 Å². The molecule has 0 unspecified atom stereocenters. The summed E-state index contributed by atoms with van der Waals surface area (Å²) in [5, 5.41) is 19.3. The minimum atomic E-state index is 0.0356. The van der Waals surface area contributed by atoms with E-state index >= 15 is 0 Å². The number of nitrogens with zero attached hydrogens (tertiary/aromatic N) is 6. The molecule has 0 aliphatic heterocycles. The van der Waals surface area contributed by atoms with Gasteiger partial charge < -0.3 is 9.13 Å². The molecule has 156 valence electrons. The van der Waals surface area contributed by atoms with Gasteiger partial charge in [-0.3, -0.25) is 9.78 Å². The van der Waals surface area contributed by atoms with Crippen LogP contribution in [0.3, 0.4) is 0 Å². The van der Waals surface area contributed by atoms with Crippen molar-refractivity contribution >= 4 is 28.4 Å². The predicted molar refractivity (Wildman–Crippen MR) is 121 cm³/mol. The average molecular weight is 431 g/mol. The Morgan fingerprint density at radius 2 is 1.94 bits per heavy atom. The smallest absolute Gasteiger partial charge is 0.191 e. The lowest BCUT2D eigenvalue weighted by molar-refractivity contribution is 0.102. The van der Waals surface area contributed by atoms with E-state index in [4.69, 9.17) is 5.26 Å². The molecule has 0 bridgehead atoms. The van der Waals surface area contributed by atoms with Crippen LogP contribution in [-0.2, 0) is 13.1 Å². The van der Waals surface area contributed by atoms with Gasteiger partial charge in [0.25, 0.3) is 0 Å². The zero-order chi connectivity index (χ0) is 21.6. The third-order valence-corrected chi connectivity index (χ3v) is 5.96. The third-order valence-electron chi connectivity index (χ3n) is 4.99. The van der Waals surface area contributed by atoms with Crippen molar-refractivity contribution in [2.45, 2.75) is 38.0 Å². The Balaban J connectivity index is 1.57. The van der Waals surface area contributed by atoms with Crippen LogP contribution in [0.2, 0.25) is 0 Å². The van der Waals surface area contributed by atoms with Crippen LogP contribution < -0.4 is 0 Å². The van der Waals surface area contributed by atoms with E-state index in [1.54, 1.807) is 12.4 Å². The summed E-state index contributed by atoms with van der Waals surface area (Å²) in [5.41, 5.74) is 2.60. The SMILES string of the molecule is CCCn1c(SCC(=O)c2cn(CCC#N)c3ccccc23)nnc1-c1ccncc1. The lowest BCUT2D eigenvalue weighted by Crippen LogP contribution is -2.06. The second-order valence-electron chi connectivity index (χ2n) is 7.07. The highest BCUT2D eigenvalue weighted by molar-refractivity contribution is 7.99. The number of Topliss-reactive ketones (excluding diaryl/α,β-unsaturated/α-hetero) is 1. The highest BCUT2D eigenvalue weighted by atomic mass is 32.2. The second kappa shape index (κ2) is 9.58. The lowest BCUT2D eigenvalue weighted by atomic mass is 10.1. The van der Waals surface area contributed by atoms with Crippen LogP contribution in [0.15, 0.2) is 60.1 Å². The molecule has 8 heteroatoms. The van der Waals surface area contributed by atoms with Crippen molar-refractivity contribution in [3.05, 3.63) is 60.6 Å². The van der Waals surface area contributed by atoms with Crippen molar-refractivity contribution in [2.75, 3.05) is 5.75 Å². The first kappa shape index (κ1) is 20.8. The molecule has 0 aliphatic rings. The molecule has 1 aromatic carbocycles. The fourth-order valence-corrected chi connectivity index (χ4v) is 4.42. The van der Waals surface area contributed by atoms with Gasteiger partial charge >= 0.3 is 0 Å². The van der Waals surface area contributed by atoms with E-state index in [9.17, 15) is 4.79 Å². The van der Waals surface area contributed by atoms with E-state index in [0.29, 0.717) is 18.5 Å². The second-order valence-corrected chi connectivity index (χ2v) is 8.01. The molecule has 0 N–H and O–H groups in total. The molecular weight excluding hydrogens is 408 g/mol. The number of pyridine rings is 1. The summed E-state index contributed by atoms with van der Waals surface area (Å²) < 4.78 is 4.04. The summed E-state index contributed by atoms with van der Waals surface area (Å²) in [5.74, 6) is 1.09. The molecule has 0 aliphatic carbocycles. The van der Waals surface area contributed by atoms with Gasteiger partial charge in [0.2, 0.25) is 0 Å². The zero-order valence-corrected chi connectivity index (χ0v) is 18.0. The van der Waals surface area contributed by atoms with Gasteiger partial charge in [0, 0.05) is 53.7 Å². The molecule has 3 aromatic heterocycles. The number of ketones is 1. The van der Waals surface area contributed by atoms with Gasteiger partial charge in [-0.25, -0.2) is 0 Å². The summed E-state index contributed by atoms with van der Waals surface area (Å²) in [6.45, 7) is 3.44. The van der Waals surface area contributed by atoms with Crippen LogP contribution in [0.4, 0.5) is 0 Å². The average Bonchev–Trinajstić information content (AvgIpc) is 3.38. The first-order valence-electron chi connectivity index (χ1n) is 10.2. The van der Waals surface area contributed by atoms with Gasteiger partial charge in [0.1, 0.15) is 0 Å². The van der Waals surface area contributed by atoms with Crippen molar-refractivity contribution in [3.8, 4) is 17.5 Å². The maximum atomic E-state index is 13.1. The van der Waals surface area contributed by atoms with Crippen LogP contribution in [0.1, 0.15) is 30.1 Å². The number of rotatable bonds is 9. The Morgan fingerprint density at radius 1 is 1.13 bits per heavy atom. The summed E-state index contributed by atoms with van der Waals surface area (Å²) >= 11 is 1.40. The molecule has 7 nitrogen and oxygen atoms in total. The summed E-state index contributed by atoms with van der Waals surface area (Å²) in [6, 6.07) is 13.8. The summed E-state index contributed by atoms with van der Waals surface area (Å²) in [7, 11) is 0. The molecule has 0 amide bonds. The van der Waals surface area contributed by atoms with Crippen LogP contribution in [0, 0.1) is 11.3 Å². The predicted octanol–water partition coefficient (Wildman–Crippen LogP) is 4.59. The molecule has 0 radical (unpaired) electrons. The molecule has 4 aromatic rings. The third kappa shape index (κ3) is 4.37. The van der Waals surface area contributed by atoms with Crippen LogP contribution >= 0.6 is 11.8 Å². The van der Waals surface area contributed by atoms with Gasteiger partial charge in [-0.2, -0.15) is 5.26 Å². The Bertz CT molecular complexity index is 1240. The van der Waals surface area contributed by atoms with E-state index in [-0.39, 0.29) is 11.5 Å². The van der Waals surface area contributed by atoms with Gasteiger partial charge in [0.15, 0.2) is 16.8 Å². The number of aryl methyl sites for hydroxylation is 1. The number of nitriles is 1. The van der Waals surface area contributed by atoms with E-state index < -0.39 is 0 Å². The van der Waals surface area contributed by atoms with Crippen molar-refractivity contribution in [1.29, 1.82) is 5.26 Å². The standard InChI is InChI=1S/C23H22N6OS/c1-2-13-29-22(17-8-11-25-12-9-17)26-27-23(29)31-16-21(30)19-15-28(14-5-10-24)20-7-4-3-6-18(19)20/h3-4,6-9,11-12,15H,2,5,13-14,16H2,1H3. The number of carbonyl (C=O) groups excluding carboxylic acids is 1. The van der Waals surface area contributed by atoms with Gasteiger partial charge in [0.05, 0.1) is 18.2 Å². The normalized spacial score (nSPS) is 11.0. The maximum Gasteiger partial charge on any atom is 0.191 e. The largest absolute Gasteiger partial charge is 0.346 e. The fraction of sp³-hybridized carbons (Fsp3) is 0.261. The van der Waals surface area contributed by atoms with E-state index in [1.807, 2.05) is 47.2 Å². The number of benzene rings is 1. The minimum Gasteiger partial charge on any atom is -0.346 e. The number of carbonyl (C=O) groups is 1. The van der Waals surface area contributed by atoms with Crippen LogP contribution in [0.25, 0.3) is 22.3 Å². The zero-order valence-electron chi connectivity index (χ0n) is 17.2. The molecule has 3 heterocycles. The Hall–Kier alpha value is -3.44. The molecule has 0 fully saturated rings. The highest BCUT2D eigenvalue weighted by Crippen LogP contribution is 2.27. The monoisotopic (exact) mass is 430 g/mol. The van der Waals surface area contributed by atoms with Crippen molar-refractivity contribution in [3.63, 3.8) is 0 Å². The molecule has 0 atom stereocenters. The van der Waals surface area contributed by atoms with Crippen molar-refractivity contribution in [2.24, 2.45) is 0 Å². The fourth-order valence-electron chi connectivity index (χ4n) is 3.57. The number of para-hydroxylation sites is 1. The number of fused-ring (bicyclic) bond motifs is 1. The van der Waals surface area contributed by atoms with Crippen LogP contribution in [-0.4, -0.2) is 35.9 Å². The molecule has 0 spiro atoms. The molecule has 0 saturated carbocycles. The number of hydrogen-bond acceptors (Lipinski definition) is 6. The Labute approximate surface area is 184 Å². The Morgan fingerprint density at radius 3 is 2.71 bits per heavy atom. The van der Waals surface area contributed by atoms with Gasteiger partial charge in [-0.15, -0.1) is 10.2 Å². The molecule has 0 saturated heterocycles.